The number of aromatic nitrogens is 1. The van der Waals surface area contributed by atoms with E-state index in [1.54, 1.807) is 25.1 Å². The molecule has 32 heavy (non-hydrogen) atoms. The van der Waals surface area contributed by atoms with E-state index in [9.17, 15) is 14.4 Å². The maximum atomic E-state index is 13.3. The van der Waals surface area contributed by atoms with Crippen molar-refractivity contribution in [3.05, 3.63) is 87.2 Å². The molecule has 4 amide bonds. The fourth-order valence-corrected chi connectivity index (χ4v) is 4.14. The van der Waals surface area contributed by atoms with Gasteiger partial charge in [0.15, 0.2) is 0 Å². The van der Waals surface area contributed by atoms with E-state index < -0.39 is 17.8 Å². The molecule has 1 aliphatic heterocycles. The molecule has 1 aromatic heterocycles. The number of carbonyl (C=O) groups is 3. The Morgan fingerprint density at radius 1 is 0.938 bits per heavy atom. The quantitative estimate of drug-likeness (QED) is 0.452. The van der Waals surface area contributed by atoms with Crippen molar-refractivity contribution in [2.75, 3.05) is 4.90 Å². The third-order valence-corrected chi connectivity index (χ3v) is 6.02. The number of benzene rings is 2. The maximum absolute atomic E-state index is 13.3. The number of nitrogens with one attached hydrogen (secondary N) is 1. The fraction of sp³-hybridized carbons (Fsp3) is 0.160. The molecule has 0 saturated carbocycles. The zero-order chi connectivity index (χ0) is 23.2. The summed E-state index contributed by atoms with van der Waals surface area (Å²) in [6.45, 7) is 7.63. The number of imide groups is 2. The van der Waals surface area contributed by atoms with Gasteiger partial charge in [-0.05, 0) is 80.8 Å². The van der Waals surface area contributed by atoms with Crippen molar-refractivity contribution in [3.8, 4) is 5.69 Å². The van der Waals surface area contributed by atoms with E-state index in [1.165, 1.54) is 6.08 Å². The number of anilines is 1. The number of hydrogen-bond acceptors (Lipinski definition) is 3. The summed E-state index contributed by atoms with van der Waals surface area (Å²) in [5, 5.41) is 2.69. The first-order chi connectivity index (χ1) is 15.2. The Bertz CT molecular complexity index is 1320. The van der Waals surface area contributed by atoms with Gasteiger partial charge < -0.3 is 4.57 Å². The van der Waals surface area contributed by atoms with Crippen LogP contribution in [0.25, 0.3) is 11.8 Å². The van der Waals surface area contributed by atoms with Crippen LogP contribution < -0.4 is 10.2 Å². The first-order valence-electron chi connectivity index (χ1n) is 10.1. The molecule has 2 aromatic carbocycles. The van der Waals surface area contributed by atoms with Gasteiger partial charge in [0.1, 0.15) is 5.57 Å². The lowest BCUT2D eigenvalue weighted by atomic mass is 10.1. The van der Waals surface area contributed by atoms with Crippen LogP contribution in [0.15, 0.2) is 54.1 Å². The molecule has 1 fully saturated rings. The van der Waals surface area contributed by atoms with Crippen LogP contribution >= 0.6 is 11.6 Å². The van der Waals surface area contributed by atoms with Gasteiger partial charge in [0.2, 0.25) is 0 Å². The Hall–Kier alpha value is -3.64. The summed E-state index contributed by atoms with van der Waals surface area (Å²) < 4.78 is 2.06. The fourth-order valence-electron chi connectivity index (χ4n) is 3.97. The van der Waals surface area contributed by atoms with Gasteiger partial charge in [-0.2, -0.15) is 0 Å². The minimum atomic E-state index is -0.798. The molecule has 7 heteroatoms. The average molecular weight is 448 g/mol. The summed E-state index contributed by atoms with van der Waals surface area (Å²) in [6.07, 6.45) is 1.53. The normalized spacial score (nSPS) is 15.5. The van der Waals surface area contributed by atoms with Crippen LogP contribution in [0.4, 0.5) is 10.5 Å². The molecule has 0 radical (unpaired) electrons. The molecular weight excluding hydrogens is 426 g/mol. The molecule has 0 aliphatic carbocycles. The van der Waals surface area contributed by atoms with Crippen LogP contribution in [0.2, 0.25) is 5.02 Å². The van der Waals surface area contributed by atoms with E-state index in [0.29, 0.717) is 16.3 Å². The van der Waals surface area contributed by atoms with Crippen LogP contribution in [-0.4, -0.2) is 22.4 Å². The Labute approximate surface area is 191 Å². The van der Waals surface area contributed by atoms with E-state index in [2.05, 4.69) is 16.0 Å². The first-order valence-corrected chi connectivity index (χ1v) is 10.5. The van der Waals surface area contributed by atoms with Gasteiger partial charge in [-0.15, -0.1) is 0 Å². The third-order valence-electron chi connectivity index (χ3n) is 5.61. The van der Waals surface area contributed by atoms with Gasteiger partial charge in [-0.1, -0.05) is 29.8 Å². The van der Waals surface area contributed by atoms with Crippen LogP contribution in [0.3, 0.4) is 0 Å². The van der Waals surface area contributed by atoms with Crippen molar-refractivity contribution < 1.29 is 14.4 Å². The molecule has 6 nitrogen and oxygen atoms in total. The van der Waals surface area contributed by atoms with Gasteiger partial charge >= 0.3 is 6.03 Å². The number of halogens is 1. The van der Waals surface area contributed by atoms with Gasteiger partial charge in [-0.25, -0.2) is 9.69 Å². The van der Waals surface area contributed by atoms with E-state index in [0.717, 1.165) is 33.1 Å². The summed E-state index contributed by atoms with van der Waals surface area (Å²) in [5.74, 6) is -1.42. The average Bonchev–Trinajstić information content (AvgIpc) is 3.01. The SMILES string of the molecule is Cc1cccc(-n2c(C)cc(/C=C3\C(=O)NC(=O)N(c4cccc(Cl)c4C)C3=O)c2C)c1. The van der Waals surface area contributed by atoms with Crippen molar-refractivity contribution >= 4 is 41.2 Å². The van der Waals surface area contributed by atoms with Crippen molar-refractivity contribution in [1.82, 2.24) is 9.88 Å². The Morgan fingerprint density at radius 3 is 2.38 bits per heavy atom. The minimum absolute atomic E-state index is 0.117. The van der Waals surface area contributed by atoms with Crippen molar-refractivity contribution in [3.63, 3.8) is 0 Å². The lowest BCUT2D eigenvalue weighted by Crippen LogP contribution is -2.54. The molecule has 0 atom stereocenters. The Kier molecular flexibility index (Phi) is 5.48. The van der Waals surface area contributed by atoms with Gasteiger partial charge in [-0.3, -0.25) is 14.9 Å². The summed E-state index contributed by atoms with van der Waals surface area (Å²) in [7, 11) is 0. The molecule has 0 bridgehead atoms. The van der Waals surface area contributed by atoms with Gasteiger partial charge in [0.05, 0.1) is 5.69 Å². The summed E-state index contributed by atoms with van der Waals surface area (Å²) >= 11 is 6.18. The number of aryl methyl sites for hydroxylation is 2. The molecule has 1 N–H and O–H groups in total. The molecule has 2 heterocycles. The standard InChI is InChI=1S/C25H22ClN3O3/c1-14-7-5-8-19(11-14)28-15(2)12-18(17(28)4)13-20-23(30)27-25(32)29(24(20)31)22-10-6-9-21(26)16(22)3/h5-13H,1-4H3,(H,27,30,32)/b20-13+. The third kappa shape index (κ3) is 3.63. The number of nitrogens with zero attached hydrogens (tertiary/aromatic N) is 2. The highest BCUT2D eigenvalue weighted by Crippen LogP contribution is 2.30. The minimum Gasteiger partial charge on any atom is -0.318 e. The number of hydrogen-bond donors (Lipinski definition) is 1. The van der Waals surface area contributed by atoms with Crippen molar-refractivity contribution in [2.24, 2.45) is 0 Å². The molecule has 0 spiro atoms. The smallest absolute Gasteiger partial charge is 0.318 e. The highest BCUT2D eigenvalue weighted by atomic mass is 35.5. The largest absolute Gasteiger partial charge is 0.335 e. The maximum Gasteiger partial charge on any atom is 0.335 e. The van der Waals surface area contributed by atoms with Gasteiger partial charge in [0, 0.05) is 22.1 Å². The monoisotopic (exact) mass is 447 g/mol. The topological polar surface area (TPSA) is 71.4 Å². The van der Waals surface area contributed by atoms with E-state index in [4.69, 9.17) is 11.6 Å². The second-order valence-corrected chi connectivity index (χ2v) is 8.25. The molecule has 1 saturated heterocycles. The lowest BCUT2D eigenvalue weighted by Gasteiger charge is -2.27. The number of amides is 4. The molecule has 0 unspecified atom stereocenters. The Balaban J connectivity index is 1.79. The molecule has 162 valence electrons. The van der Waals surface area contributed by atoms with Crippen LogP contribution in [0.1, 0.15) is 28.1 Å². The lowest BCUT2D eigenvalue weighted by molar-refractivity contribution is -0.122. The number of carbonyl (C=O) groups excluding carboxylic acids is 3. The highest BCUT2D eigenvalue weighted by Gasteiger charge is 2.37. The molecular formula is C25H22ClN3O3. The molecule has 1 aliphatic rings. The zero-order valence-corrected chi connectivity index (χ0v) is 18.9. The highest BCUT2D eigenvalue weighted by molar-refractivity contribution is 6.40. The van der Waals surface area contributed by atoms with Crippen molar-refractivity contribution in [2.45, 2.75) is 27.7 Å². The predicted octanol–water partition coefficient (Wildman–Crippen LogP) is 5.03. The van der Waals surface area contributed by atoms with Crippen molar-refractivity contribution in [1.29, 1.82) is 0 Å². The molecule has 3 aromatic rings. The van der Waals surface area contributed by atoms with Gasteiger partial charge in [0.25, 0.3) is 11.8 Å². The summed E-state index contributed by atoms with van der Waals surface area (Å²) in [4.78, 5) is 39.3. The van der Waals surface area contributed by atoms with E-state index >= 15 is 0 Å². The number of barbiturate groups is 1. The van der Waals surface area contributed by atoms with E-state index in [-0.39, 0.29) is 5.57 Å². The molecule has 4 rings (SSSR count). The van der Waals surface area contributed by atoms with Crippen LogP contribution in [0, 0.1) is 27.7 Å². The summed E-state index contributed by atoms with van der Waals surface area (Å²) in [5.41, 5.74) is 5.48. The second-order valence-electron chi connectivity index (χ2n) is 7.84. The van der Waals surface area contributed by atoms with E-state index in [1.807, 2.05) is 45.0 Å². The Morgan fingerprint density at radius 2 is 1.66 bits per heavy atom. The zero-order valence-electron chi connectivity index (χ0n) is 18.2. The summed E-state index contributed by atoms with van der Waals surface area (Å²) in [6, 6.07) is 14.1. The second kappa shape index (κ2) is 8.13. The number of urea groups is 1. The number of rotatable bonds is 3. The van der Waals surface area contributed by atoms with Crippen LogP contribution in [0.5, 0.6) is 0 Å². The first kappa shape index (κ1) is 21.6. The predicted molar refractivity (Wildman–Crippen MR) is 125 cm³/mol. The van der Waals surface area contributed by atoms with Crippen LogP contribution in [-0.2, 0) is 9.59 Å².